The molecule has 1 fully saturated rings. The highest BCUT2D eigenvalue weighted by molar-refractivity contribution is 7.80. The molecule has 21 heavy (non-hydrogen) atoms. The zero-order chi connectivity index (χ0) is 15.4. The van der Waals surface area contributed by atoms with E-state index in [1.807, 2.05) is 36.1 Å². The molecule has 1 saturated heterocycles. The van der Waals surface area contributed by atoms with Crippen LogP contribution < -0.4 is 5.73 Å². The Balaban J connectivity index is 2.03. The Kier molecular flexibility index (Phi) is 5.31. The monoisotopic (exact) mass is 306 g/mol. The second-order valence-corrected chi connectivity index (χ2v) is 5.93. The third-order valence-electron chi connectivity index (χ3n) is 3.85. The quantitative estimate of drug-likeness (QED) is 0.863. The van der Waals surface area contributed by atoms with Crippen molar-refractivity contribution in [2.75, 3.05) is 13.2 Å². The number of rotatable bonds is 4. The van der Waals surface area contributed by atoms with Crippen LogP contribution in [0.5, 0.6) is 0 Å². The number of amides is 1. The van der Waals surface area contributed by atoms with E-state index in [-0.39, 0.29) is 18.1 Å². The highest BCUT2D eigenvalue weighted by atomic mass is 32.1. The Morgan fingerprint density at radius 3 is 2.67 bits per heavy atom. The summed E-state index contributed by atoms with van der Waals surface area (Å²) in [5.41, 5.74) is 7.38. The van der Waals surface area contributed by atoms with Crippen LogP contribution in [-0.4, -0.2) is 41.1 Å². The number of benzene rings is 1. The van der Waals surface area contributed by atoms with Crippen LogP contribution in [0.4, 0.5) is 0 Å². The summed E-state index contributed by atoms with van der Waals surface area (Å²) in [4.78, 5) is 14.9. The molecule has 1 heterocycles. The first kappa shape index (κ1) is 15.9. The van der Waals surface area contributed by atoms with Gasteiger partial charge in [-0.25, -0.2) is 0 Å². The van der Waals surface area contributed by atoms with E-state index in [0.29, 0.717) is 24.6 Å². The summed E-state index contributed by atoms with van der Waals surface area (Å²) in [7, 11) is 0. The highest BCUT2D eigenvalue weighted by Gasteiger charge is 2.29. The first-order valence-corrected chi connectivity index (χ1v) is 7.72. The Bertz CT molecular complexity index is 516. The van der Waals surface area contributed by atoms with Gasteiger partial charge in [0.25, 0.3) is 0 Å². The van der Waals surface area contributed by atoms with Gasteiger partial charge in [-0.1, -0.05) is 43.4 Å². The molecule has 1 aliphatic rings. The number of hydrogen-bond donors (Lipinski definition) is 1. The molecule has 2 atom stereocenters. The van der Waals surface area contributed by atoms with E-state index in [2.05, 4.69) is 6.92 Å². The normalized spacial score (nSPS) is 22.1. The van der Waals surface area contributed by atoms with Crippen LogP contribution >= 0.6 is 12.2 Å². The van der Waals surface area contributed by atoms with Crippen molar-refractivity contribution in [1.29, 1.82) is 0 Å². The van der Waals surface area contributed by atoms with Gasteiger partial charge >= 0.3 is 0 Å². The molecule has 1 aromatic carbocycles. The maximum Gasteiger partial charge on any atom is 0.227 e. The summed E-state index contributed by atoms with van der Waals surface area (Å²) in [5.74, 6) is 0.153. The van der Waals surface area contributed by atoms with Crippen molar-refractivity contribution in [3.05, 3.63) is 35.4 Å². The predicted octanol–water partition coefficient (Wildman–Crippen LogP) is 1.89. The molecule has 1 aliphatic heterocycles. The fraction of sp³-hybridized carbons (Fsp3) is 0.500. The van der Waals surface area contributed by atoms with Crippen LogP contribution in [0, 0.1) is 0 Å². The highest BCUT2D eigenvalue weighted by Crippen LogP contribution is 2.16. The number of hydrogen-bond acceptors (Lipinski definition) is 3. The van der Waals surface area contributed by atoms with Crippen molar-refractivity contribution in [2.24, 2.45) is 5.73 Å². The number of morpholine rings is 1. The number of nitrogens with two attached hydrogens (primary N) is 1. The molecule has 5 heteroatoms. The van der Waals surface area contributed by atoms with Crippen molar-refractivity contribution in [3.63, 3.8) is 0 Å². The van der Waals surface area contributed by atoms with Gasteiger partial charge in [0.2, 0.25) is 5.91 Å². The van der Waals surface area contributed by atoms with Gasteiger partial charge in [0.15, 0.2) is 0 Å². The van der Waals surface area contributed by atoms with Gasteiger partial charge in [-0.2, -0.15) is 0 Å². The average molecular weight is 306 g/mol. The first-order valence-electron chi connectivity index (χ1n) is 7.31. The lowest BCUT2D eigenvalue weighted by atomic mass is 10.1. The standard InChI is InChI=1S/C16H22N2O2S/c1-3-14-10-20-11(2)9-18(14)15(19)8-12-4-6-13(7-5-12)16(17)21/h4-7,11,14H,3,8-10H2,1-2H3,(H2,17,21). The van der Waals surface area contributed by atoms with Gasteiger partial charge in [-0.15, -0.1) is 0 Å². The molecule has 114 valence electrons. The predicted molar refractivity (Wildman–Crippen MR) is 87.2 cm³/mol. The Hall–Kier alpha value is -1.46. The Morgan fingerprint density at radius 2 is 2.10 bits per heavy atom. The third-order valence-corrected chi connectivity index (χ3v) is 4.09. The van der Waals surface area contributed by atoms with Crippen molar-refractivity contribution < 1.29 is 9.53 Å². The van der Waals surface area contributed by atoms with Crippen LogP contribution in [-0.2, 0) is 16.0 Å². The fourth-order valence-corrected chi connectivity index (χ4v) is 2.69. The number of ether oxygens (including phenoxy) is 1. The molecule has 1 amide bonds. The van der Waals surface area contributed by atoms with Gasteiger partial charge in [0.1, 0.15) is 4.99 Å². The maximum atomic E-state index is 12.5. The minimum atomic E-state index is 0.105. The first-order chi connectivity index (χ1) is 10.0. The number of carbonyl (C=O) groups is 1. The molecule has 0 spiro atoms. The molecular formula is C16H22N2O2S. The van der Waals surface area contributed by atoms with E-state index in [4.69, 9.17) is 22.7 Å². The summed E-state index contributed by atoms with van der Waals surface area (Å²) in [6.07, 6.45) is 1.42. The van der Waals surface area contributed by atoms with E-state index in [1.54, 1.807) is 0 Å². The molecule has 2 rings (SSSR count). The molecule has 0 saturated carbocycles. The minimum Gasteiger partial charge on any atom is -0.389 e. The maximum absolute atomic E-state index is 12.5. The molecule has 0 aliphatic carbocycles. The van der Waals surface area contributed by atoms with Crippen LogP contribution in [0.3, 0.4) is 0 Å². The Labute approximate surface area is 131 Å². The van der Waals surface area contributed by atoms with E-state index in [0.717, 1.165) is 17.5 Å². The zero-order valence-electron chi connectivity index (χ0n) is 12.5. The number of carbonyl (C=O) groups excluding carboxylic acids is 1. The smallest absolute Gasteiger partial charge is 0.227 e. The summed E-state index contributed by atoms with van der Waals surface area (Å²) >= 11 is 4.93. The average Bonchev–Trinajstić information content (AvgIpc) is 2.47. The van der Waals surface area contributed by atoms with Crippen molar-refractivity contribution in [3.8, 4) is 0 Å². The minimum absolute atomic E-state index is 0.105. The molecule has 0 bridgehead atoms. The Morgan fingerprint density at radius 1 is 1.43 bits per heavy atom. The van der Waals surface area contributed by atoms with Crippen molar-refractivity contribution in [1.82, 2.24) is 4.90 Å². The lowest BCUT2D eigenvalue weighted by molar-refractivity contribution is -0.143. The molecule has 2 unspecified atom stereocenters. The SMILES string of the molecule is CCC1COC(C)CN1C(=O)Cc1ccc(C(N)=S)cc1. The second kappa shape index (κ2) is 7.00. The zero-order valence-corrected chi connectivity index (χ0v) is 13.4. The van der Waals surface area contributed by atoms with Gasteiger partial charge in [0, 0.05) is 12.1 Å². The number of nitrogens with zero attached hydrogens (tertiary/aromatic N) is 1. The summed E-state index contributed by atoms with van der Waals surface area (Å²) in [6, 6.07) is 7.74. The second-order valence-electron chi connectivity index (χ2n) is 5.49. The van der Waals surface area contributed by atoms with Gasteiger partial charge in [-0.3, -0.25) is 4.79 Å². The fourth-order valence-electron chi connectivity index (χ4n) is 2.55. The van der Waals surface area contributed by atoms with E-state index in [9.17, 15) is 4.79 Å². The molecule has 0 aromatic heterocycles. The molecule has 4 nitrogen and oxygen atoms in total. The van der Waals surface area contributed by atoms with E-state index < -0.39 is 0 Å². The lowest BCUT2D eigenvalue weighted by Gasteiger charge is -2.38. The number of thiocarbonyl (C=S) groups is 1. The van der Waals surface area contributed by atoms with Gasteiger partial charge in [0.05, 0.1) is 25.2 Å². The van der Waals surface area contributed by atoms with Gasteiger partial charge in [-0.05, 0) is 18.9 Å². The summed E-state index contributed by atoms with van der Waals surface area (Å²) in [6.45, 7) is 5.39. The van der Waals surface area contributed by atoms with E-state index >= 15 is 0 Å². The van der Waals surface area contributed by atoms with Crippen molar-refractivity contribution >= 4 is 23.1 Å². The molecule has 0 radical (unpaired) electrons. The topological polar surface area (TPSA) is 55.6 Å². The summed E-state index contributed by atoms with van der Waals surface area (Å²) in [5, 5.41) is 0. The van der Waals surface area contributed by atoms with Crippen molar-refractivity contribution in [2.45, 2.75) is 38.8 Å². The third kappa shape index (κ3) is 4.02. The van der Waals surface area contributed by atoms with Gasteiger partial charge < -0.3 is 15.4 Å². The largest absolute Gasteiger partial charge is 0.389 e. The summed E-state index contributed by atoms with van der Waals surface area (Å²) < 4.78 is 5.63. The van der Waals surface area contributed by atoms with Crippen LogP contribution in [0.25, 0.3) is 0 Å². The van der Waals surface area contributed by atoms with Crippen LogP contribution in [0.1, 0.15) is 31.4 Å². The molecular weight excluding hydrogens is 284 g/mol. The van der Waals surface area contributed by atoms with E-state index in [1.165, 1.54) is 0 Å². The molecule has 1 aromatic rings. The molecule has 2 N–H and O–H groups in total. The lowest BCUT2D eigenvalue weighted by Crippen LogP contribution is -2.51. The van der Waals surface area contributed by atoms with Crippen LogP contribution in [0.2, 0.25) is 0 Å². The van der Waals surface area contributed by atoms with Crippen LogP contribution in [0.15, 0.2) is 24.3 Å².